The van der Waals surface area contributed by atoms with E-state index in [1.807, 2.05) is 60.7 Å². The van der Waals surface area contributed by atoms with Crippen molar-refractivity contribution in [3.05, 3.63) is 60.7 Å². The lowest BCUT2D eigenvalue weighted by atomic mass is 10.3. The number of anilines is 1. The highest BCUT2D eigenvalue weighted by Gasteiger charge is 2.22. The number of carbonyl (C=O) groups is 2. The molecule has 29 heavy (non-hydrogen) atoms. The molecule has 0 spiro atoms. The van der Waals surface area contributed by atoms with Crippen molar-refractivity contribution in [3.63, 3.8) is 0 Å². The van der Waals surface area contributed by atoms with Crippen LogP contribution in [0.15, 0.2) is 60.7 Å². The number of nitrogens with zero attached hydrogens (tertiary/aromatic N) is 2. The SMILES string of the molecule is O=C(CN1CCN(C(=O)COCCOc2ccccc2)CC1)Nc1ccccc1. The van der Waals surface area contributed by atoms with E-state index in [0.29, 0.717) is 45.9 Å². The molecule has 154 valence electrons. The van der Waals surface area contributed by atoms with E-state index in [1.165, 1.54) is 0 Å². The molecule has 0 bridgehead atoms. The number of para-hydroxylation sites is 2. The summed E-state index contributed by atoms with van der Waals surface area (Å²) in [5.74, 6) is 0.714. The average Bonchev–Trinajstić information content (AvgIpc) is 2.75. The topological polar surface area (TPSA) is 71.1 Å². The Kier molecular flexibility index (Phi) is 8.03. The summed E-state index contributed by atoms with van der Waals surface area (Å²) >= 11 is 0. The number of ether oxygens (including phenoxy) is 2. The molecule has 0 aromatic heterocycles. The first kappa shape index (κ1) is 20.8. The van der Waals surface area contributed by atoms with E-state index in [9.17, 15) is 9.59 Å². The van der Waals surface area contributed by atoms with Gasteiger partial charge in [-0.2, -0.15) is 0 Å². The largest absolute Gasteiger partial charge is 0.491 e. The van der Waals surface area contributed by atoms with Crippen molar-refractivity contribution in [2.45, 2.75) is 0 Å². The molecule has 1 saturated heterocycles. The van der Waals surface area contributed by atoms with Crippen LogP contribution in [0.25, 0.3) is 0 Å². The number of carbonyl (C=O) groups excluding carboxylic acids is 2. The van der Waals surface area contributed by atoms with Gasteiger partial charge in [0.25, 0.3) is 0 Å². The van der Waals surface area contributed by atoms with E-state index in [-0.39, 0.29) is 18.4 Å². The summed E-state index contributed by atoms with van der Waals surface area (Å²) in [7, 11) is 0. The highest BCUT2D eigenvalue weighted by Crippen LogP contribution is 2.08. The Hall–Kier alpha value is -2.90. The fraction of sp³-hybridized carbons (Fsp3) is 0.364. The first-order valence-electron chi connectivity index (χ1n) is 9.81. The predicted molar refractivity (Wildman–Crippen MR) is 111 cm³/mol. The van der Waals surface area contributed by atoms with Crippen molar-refractivity contribution in [1.29, 1.82) is 0 Å². The summed E-state index contributed by atoms with van der Waals surface area (Å²) in [6.45, 7) is 3.68. The first-order chi connectivity index (χ1) is 14.2. The Bertz CT molecular complexity index is 762. The lowest BCUT2D eigenvalue weighted by Gasteiger charge is -2.34. The molecule has 2 amide bonds. The van der Waals surface area contributed by atoms with Crippen LogP contribution in [0, 0.1) is 0 Å². The summed E-state index contributed by atoms with van der Waals surface area (Å²) in [6.07, 6.45) is 0. The second-order valence-corrected chi connectivity index (χ2v) is 6.79. The van der Waals surface area contributed by atoms with Gasteiger partial charge in [-0.05, 0) is 24.3 Å². The highest BCUT2D eigenvalue weighted by atomic mass is 16.5. The first-order valence-corrected chi connectivity index (χ1v) is 9.81. The van der Waals surface area contributed by atoms with E-state index in [0.717, 1.165) is 11.4 Å². The summed E-state index contributed by atoms with van der Waals surface area (Å²) in [5, 5.41) is 2.88. The molecule has 1 aliphatic heterocycles. The minimum Gasteiger partial charge on any atom is -0.491 e. The van der Waals surface area contributed by atoms with Gasteiger partial charge in [0, 0.05) is 31.9 Å². The van der Waals surface area contributed by atoms with E-state index >= 15 is 0 Å². The molecule has 1 aliphatic rings. The van der Waals surface area contributed by atoms with Crippen LogP contribution in [0.3, 0.4) is 0 Å². The molecular formula is C22H27N3O4. The number of nitrogens with one attached hydrogen (secondary N) is 1. The molecule has 1 fully saturated rings. The zero-order chi connectivity index (χ0) is 20.3. The van der Waals surface area contributed by atoms with Crippen LogP contribution in [-0.4, -0.2) is 74.2 Å². The molecule has 7 nitrogen and oxygen atoms in total. The molecule has 3 rings (SSSR count). The van der Waals surface area contributed by atoms with Gasteiger partial charge in [-0.15, -0.1) is 0 Å². The van der Waals surface area contributed by atoms with Crippen LogP contribution < -0.4 is 10.1 Å². The van der Waals surface area contributed by atoms with Gasteiger partial charge in [0.1, 0.15) is 19.0 Å². The van der Waals surface area contributed by atoms with E-state index in [2.05, 4.69) is 10.2 Å². The predicted octanol–water partition coefficient (Wildman–Crippen LogP) is 1.86. The normalized spacial score (nSPS) is 14.4. The van der Waals surface area contributed by atoms with Crippen LogP contribution >= 0.6 is 0 Å². The molecule has 2 aromatic carbocycles. The number of amides is 2. The van der Waals surface area contributed by atoms with Crippen LogP contribution in [-0.2, 0) is 14.3 Å². The number of hydrogen-bond acceptors (Lipinski definition) is 5. The third kappa shape index (κ3) is 7.21. The third-order valence-corrected chi connectivity index (χ3v) is 4.61. The number of hydrogen-bond donors (Lipinski definition) is 1. The Balaban J connectivity index is 1.27. The van der Waals surface area contributed by atoms with Crippen molar-refractivity contribution in [2.24, 2.45) is 0 Å². The summed E-state index contributed by atoms with van der Waals surface area (Å²) in [6, 6.07) is 18.9. The maximum atomic E-state index is 12.3. The van der Waals surface area contributed by atoms with Crippen molar-refractivity contribution >= 4 is 17.5 Å². The van der Waals surface area contributed by atoms with E-state index in [4.69, 9.17) is 9.47 Å². The van der Waals surface area contributed by atoms with Gasteiger partial charge in [-0.25, -0.2) is 0 Å². The molecule has 0 aliphatic carbocycles. The minimum atomic E-state index is -0.0438. The van der Waals surface area contributed by atoms with Gasteiger partial charge < -0.3 is 19.7 Å². The van der Waals surface area contributed by atoms with Crippen molar-refractivity contribution in [2.75, 3.05) is 57.9 Å². The molecule has 0 radical (unpaired) electrons. The number of rotatable bonds is 9. The smallest absolute Gasteiger partial charge is 0.248 e. The van der Waals surface area contributed by atoms with Gasteiger partial charge >= 0.3 is 0 Å². The maximum absolute atomic E-state index is 12.3. The lowest BCUT2D eigenvalue weighted by Crippen LogP contribution is -2.51. The van der Waals surface area contributed by atoms with Crippen LogP contribution in [0.1, 0.15) is 0 Å². The van der Waals surface area contributed by atoms with Crippen LogP contribution in [0.2, 0.25) is 0 Å². The quantitative estimate of drug-likeness (QED) is 0.654. The zero-order valence-electron chi connectivity index (χ0n) is 16.5. The summed E-state index contributed by atoms with van der Waals surface area (Å²) in [5.41, 5.74) is 0.791. The summed E-state index contributed by atoms with van der Waals surface area (Å²) < 4.78 is 11.0. The van der Waals surface area contributed by atoms with Gasteiger partial charge in [-0.1, -0.05) is 36.4 Å². The molecule has 0 saturated carbocycles. The second kappa shape index (κ2) is 11.2. The molecule has 2 aromatic rings. The average molecular weight is 397 g/mol. The second-order valence-electron chi connectivity index (χ2n) is 6.79. The summed E-state index contributed by atoms with van der Waals surface area (Å²) in [4.78, 5) is 28.2. The number of benzene rings is 2. The van der Waals surface area contributed by atoms with E-state index in [1.54, 1.807) is 4.90 Å². The van der Waals surface area contributed by atoms with Gasteiger partial charge in [-0.3, -0.25) is 14.5 Å². The van der Waals surface area contributed by atoms with Crippen LogP contribution in [0.5, 0.6) is 5.75 Å². The molecule has 1 N–H and O–H groups in total. The Morgan fingerprint density at radius 2 is 1.52 bits per heavy atom. The van der Waals surface area contributed by atoms with Gasteiger partial charge in [0.05, 0.1) is 13.2 Å². The fourth-order valence-electron chi connectivity index (χ4n) is 3.07. The standard InChI is InChI=1S/C22H27N3O4/c26-21(23-19-7-3-1-4-8-19)17-24-11-13-25(14-12-24)22(27)18-28-15-16-29-20-9-5-2-6-10-20/h1-10H,11-18H2,(H,23,26). The molecule has 0 unspecified atom stereocenters. The monoisotopic (exact) mass is 397 g/mol. The Labute approximate surface area is 171 Å². The van der Waals surface area contributed by atoms with Gasteiger partial charge in [0.15, 0.2) is 0 Å². The van der Waals surface area contributed by atoms with Gasteiger partial charge in [0.2, 0.25) is 11.8 Å². The van der Waals surface area contributed by atoms with Crippen molar-refractivity contribution in [1.82, 2.24) is 9.80 Å². The lowest BCUT2D eigenvalue weighted by molar-refractivity contribution is -0.138. The van der Waals surface area contributed by atoms with E-state index < -0.39 is 0 Å². The Morgan fingerprint density at radius 3 is 2.21 bits per heavy atom. The fourth-order valence-corrected chi connectivity index (χ4v) is 3.07. The molecule has 0 atom stereocenters. The molecule has 7 heteroatoms. The van der Waals surface area contributed by atoms with Crippen LogP contribution in [0.4, 0.5) is 5.69 Å². The maximum Gasteiger partial charge on any atom is 0.248 e. The molecule has 1 heterocycles. The Morgan fingerprint density at radius 1 is 0.862 bits per heavy atom. The number of piperazine rings is 1. The third-order valence-electron chi connectivity index (χ3n) is 4.61. The molecular weight excluding hydrogens is 370 g/mol. The van der Waals surface area contributed by atoms with Crippen molar-refractivity contribution < 1.29 is 19.1 Å². The van der Waals surface area contributed by atoms with Crippen molar-refractivity contribution in [3.8, 4) is 5.75 Å². The zero-order valence-corrected chi connectivity index (χ0v) is 16.5. The minimum absolute atomic E-state index is 0.0295. The highest BCUT2D eigenvalue weighted by molar-refractivity contribution is 5.92.